The number of likely N-dealkylation sites (tertiary alicyclic amines) is 1. The molecule has 2 rings (SSSR count). The van der Waals surface area contributed by atoms with Crippen molar-refractivity contribution in [2.45, 2.75) is 25.7 Å². The Labute approximate surface area is 93.0 Å². The van der Waals surface area contributed by atoms with Gasteiger partial charge in [0.05, 0.1) is 13.2 Å². The Kier molecular flexibility index (Phi) is 4.42. The zero-order chi connectivity index (χ0) is 10.5. The largest absolute Gasteiger partial charge is 0.381 e. The molecule has 1 atom stereocenters. The van der Waals surface area contributed by atoms with E-state index in [2.05, 4.69) is 4.90 Å². The minimum absolute atomic E-state index is 0.859. The second-order valence-electron chi connectivity index (χ2n) is 5.08. The fourth-order valence-corrected chi connectivity index (χ4v) is 2.64. The molecule has 2 heterocycles. The molecule has 15 heavy (non-hydrogen) atoms. The van der Waals surface area contributed by atoms with Crippen molar-refractivity contribution in [3.05, 3.63) is 0 Å². The number of nitrogens with zero attached hydrogens (tertiary/aromatic N) is 1. The summed E-state index contributed by atoms with van der Waals surface area (Å²) in [6.07, 6.45) is 5.29. The first kappa shape index (κ1) is 11.4. The van der Waals surface area contributed by atoms with Crippen LogP contribution in [0.1, 0.15) is 25.7 Å². The van der Waals surface area contributed by atoms with Crippen LogP contribution in [0.4, 0.5) is 0 Å². The van der Waals surface area contributed by atoms with Crippen molar-refractivity contribution in [3.63, 3.8) is 0 Å². The van der Waals surface area contributed by atoms with E-state index >= 15 is 0 Å². The standard InChI is InChI=1S/C12H24N2O/c13-5-3-11-4-7-14(8-11)6-1-2-12-9-15-10-12/h11-12H,1-10,13H2. The van der Waals surface area contributed by atoms with Crippen molar-refractivity contribution in [1.29, 1.82) is 0 Å². The maximum Gasteiger partial charge on any atom is 0.0516 e. The predicted octanol–water partition coefficient (Wildman–Crippen LogP) is 1.08. The molecule has 0 aliphatic carbocycles. The molecule has 0 bridgehead atoms. The Morgan fingerprint density at radius 2 is 2.07 bits per heavy atom. The topological polar surface area (TPSA) is 38.5 Å². The number of ether oxygens (including phenoxy) is 1. The molecule has 2 fully saturated rings. The van der Waals surface area contributed by atoms with Gasteiger partial charge in [-0.05, 0) is 51.2 Å². The van der Waals surface area contributed by atoms with Crippen molar-refractivity contribution in [3.8, 4) is 0 Å². The average molecular weight is 212 g/mol. The van der Waals surface area contributed by atoms with Gasteiger partial charge < -0.3 is 15.4 Å². The molecule has 0 aromatic heterocycles. The quantitative estimate of drug-likeness (QED) is 0.716. The number of hydrogen-bond donors (Lipinski definition) is 1. The highest BCUT2D eigenvalue weighted by atomic mass is 16.5. The predicted molar refractivity (Wildman–Crippen MR) is 61.8 cm³/mol. The summed E-state index contributed by atoms with van der Waals surface area (Å²) in [4.78, 5) is 2.61. The van der Waals surface area contributed by atoms with Crippen LogP contribution < -0.4 is 5.73 Å². The van der Waals surface area contributed by atoms with Crippen LogP contribution in [0, 0.1) is 11.8 Å². The van der Waals surface area contributed by atoms with Gasteiger partial charge in [0.2, 0.25) is 0 Å². The summed E-state index contributed by atoms with van der Waals surface area (Å²) in [5.74, 6) is 1.74. The Morgan fingerprint density at radius 1 is 1.20 bits per heavy atom. The van der Waals surface area contributed by atoms with Gasteiger partial charge >= 0.3 is 0 Å². The summed E-state index contributed by atoms with van der Waals surface area (Å²) in [6, 6.07) is 0. The third kappa shape index (κ3) is 3.44. The zero-order valence-corrected chi connectivity index (χ0v) is 9.66. The molecule has 2 aliphatic rings. The molecule has 3 nitrogen and oxygen atoms in total. The molecule has 2 aliphatic heterocycles. The molecular formula is C12H24N2O. The highest BCUT2D eigenvalue weighted by Gasteiger charge is 2.22. The summed E-state index contributed by atoms with van der Waals surface area (Å²) in [6.45, 7) is 6.76. The second kappa shape index (κ2) is 5.83. The lowest BCUT2D eigenvalue weighted by atomic mass is 10.0. The van der Waals surface area contributed by atoms with E-state index < -0.39 is 0 Å². The fraction of sp³-hybridized carbons (Fsp3) is 1.00. The maximum absolute atomic E-state index is 5.59. The highest BCUT2D eigenvalue weighted by Crippen LogP contribution is 2.21. The van der Waals surface area contributed by atoms with Crippen LogP contribution >= 0.6 is 0 Å². The first-order valence-electron chi connectivity index (χ1n) is 6.38. The SMILES string of the molecule is NCCC1CCN(CCCC2COC2)C1. The molecule has 2 N–H and O–H groups in total. The summed E-state index contributed by atoms with van der Waals surface area (Å²) in [5, 5.41) is 0. The highest BCUT2D eigenvalue weighted by molar-refractivity contribution is 4.76. The maximum atomic E-state index is 5.59. The van der Waals surface area contributed by atoms with Gasteiger partial charge in [-0.2, -0.15) is 0 Å². The van der Waals surface area contributed by atoms with Crippen LogP contribution in [-0.4, -0.2) is 44.3 Å². The van der Waals surface area contributed by atoms with Crippen LogP contribution in [0.25, 0.3) is 0 Å². The first-order valence-corrected chi connectivity index (χ1v) is 6.38. The van der Waals surface area contributed by atoms with Gasteiger partial charge in [-0.1, -0.05) is 0 Å². The van der Waals surface area contributed by atoms with E-state index in [1.165, 1.54) is 45.3 Å². The van der Waals surface area contributed by atoms with Crippen LogP contribution in [0.3, 0.4) is 0 Å². The van der Waals surface area contributed by atoms with E-state index in [1.54, 1.807) is 0 Å². The Bertz CT molecular complexity index is 182. The lowest BCUT2D eigenvalue weighted by Gasteiger charge is -2.26. The van der Waals surface area contributed by atoms with Crippen LogP contribution in [-0.2, 0) is 4.74 Å². The van der Waals surface area contributed by atoms with Crippen molar-refractivity contribution in [1.82, 2.24) is 4.90 Å². The van der Waals surface area contributed by atoms with Gasteiger partial charge in [-0.3, -0.25) is 0 Å². The van der Waals surface area contributed by atoms with Crippen molar-refractivity contribution >= 4 is 0 Å². The van der Waals surface area contributed by atoms with E-state index in [0.29, 0.717) is 0 Å². The van der Waals surface area contributed by atoms with E-state index in [1.807, 2.05) is 0 Å². The van der Waals surface area contributed by atoms with Crippen LogP contribution in [0.2, 0.25) is 0 Å². The molecule has 88 valence electrons. The molecule has 0 aromatic carbocycles. The van der Waals surface area contributed by atoms with Gasteiger partial charge in [-0.15, -0.1) is 0 Å². The normalized spacial score (nSPS) is 28.2. The monoisotopic (exact) mass is 212 g/mol. The van der Waals surface area contributed by atoms with E-state index in [0.717, 1.165) is 31.6 Å². The van der Waals surface area contributed by atoms with Crippen LogP contribution in [0.15, 0.2) is 0 Å². The zero-order valence-electron chi connectivity index (χ0n) is 9.66. The van der Waals surface area contributed by atoms with E-state index in [9.17, 15) is 0 Å². The molecule has 3 heteroatoms. The van der Waals surface area contributed by atoms with E-state index in [4.69, 9.17) is 10.5 Å². The molecule has 2 saturated heterocycles. The minimum Gasteiger partial charge on any atom is -0.381 e. The van der Waals surface area contributed by atoms with Gasteiger partial charge in [0.1, 0.15) is 0 Å². The molecule has 0 aromatic rings. The number of hydrogen-bond acceptors (Lipinski definition) is 3. The van der Waals surface area contributed by atoms with Crippen molar-refractivity contribution < 1.29 is 4.74 Å². The smallest absolute Gasteiger partial charge is 0.0516 e. The van der Waals surface area contributed by atoms with Gasteiger partial charge in [0.25, 0.3) is 0 Å². The number of nitrogens with two attached hydrogens (primary N) is 1. The third-order valence-electron chi connectivity index (χ3n) is 3.74. The minimum atomic E-state index is 0.859. The third-order valence-corrected chi connectivity index (χ3v) is 3.74. The van der Waals surface area contributed by atoms with Gasteiger partial charge in [0, 0.05) is 12.5 Å². The van der Waals surface area contributed by atoms with Crippen molar-refractivity contribution in [2.75, 3.05) is 39.4 Å². The Hall–Kier alpha value is -0.120. The molecule has 0 amide bonds. The lowest BCUT2D eigenvalue weighted by Crippen LogP contribution is -2.29. The molecule has 0 spiro atoms. The summed E-state index contributed by atoms with van der Waals surface area (Å²) >= 11 is 0. The average Bonchev–Trinajstić information content (AvgIpc) is 2.58. The van der Waals surface area contributed by atoms with Crippen molar-refractivity contribution in [2.24, 2.45) is 17.6 Å². The molecule has 1 unspecified atom stereocenters. The molecular weight excluding hydrogens is 188 g/mol. The summed E-state index contributed by atoms with van der Waals surface area (Å²) in [5.41, 5.74) is 5.59. The van der Waals surface area contributed by atoms with Crippen LogP contribution in [0.5, 0.6) is 0 Å². The second-order valence-corrected chi connectivity index (χ2v) is 5.08. The Balaban J connectivity index is 1.52. The molecule has 0 saturated carbocycles. The first-order chi connectivity index (χ1) is 7.38. The Morgan fingerprint density at radius 3 is 2.73 bits per heavy atom. The van der Waals surface area contributed by atoms with E-state index in [-0.39, 0.29) is 0 Å². The fourth-order valence-electron chi connectivity index (χ4n) is 2.64. The summed E-state index contributed by atoms with van der Waals surface area (Å²) < 4.78 is 5.18. The van der Waals surface area contributed by atoms with Gasteiger partial charge in [-0.25, -0.2) is 0 Å². The number of rotatable bonds is 6. The molecule has 0 radical (unpaired) electrons. The lowest BCUT2D eigenvalue weighted by molar-refractivity contribution is -0.0369. The summed E-state index contributed by atoms with van der Waals surface area (Å²) in [7, 11) is 0. The van der Waals surface area contributed by atoms with Gasteiger partial charge in [0.15, 0.2) is 0 Å².